The van der Waals surface area contributed by atoms with Gasteiger partial charge in [-0.3, -0.25) is 0 Å². The maximum atomic E-state index is 13.4. The van der Waals surface area contributed by atoms with Gasteiger partial charge in [0.15, 0.2) is 0 Å². The van der Waals surface area contributed by atoms with Crippen molar-refractivity contribution >= 4 is 27.3 Å². The number of halogens is 1. The summed E-state index contributed by atoms with van der Waals surface area (Å²) in [5.74, 6) is 0.527. The second-order valence-corrected chi connectivity index (χ2v) is 9.43. The first-order valence-electron chi connectivity index (χ1n) is 9.85. The molecule has 0 atom stereocenters. The van der Waals surface area contributed by atoms with E-state index in [0.29, 0.717) is 16.5 Å². The van der Waals surface area contributed by atoms with E-state index in [0.717, 1.165) is 44.3 Å². The molecule has 0 spiro atoms. The van der Waals surface area contributed by atoms with Crippen LogP contribution in [-0.4, -0.2) is 26.5 Å². The minimum absolute atomic E-state index is 0.0430. The molecule has 0 unspecified atom stereocenters. The lowest BCUT2D eigenvalue weighted by Crippen LogP contribution is -2.30. The zero-order chi connectivity index (χ0) is 20.4. The van der Waals surface area contributed by atoms with Gasteiger partial charge in [-0.15, -0.1) is 0 Å². The van der Waals surface area contributed by atoms with Gasteiger partial charge >= 0.3 is 0 Å². The molecular formula is C22H23ClN2O3S. The van der Waals surface area contributed by atoms with E-state index in [2.05, 4.69) is 4.98 Å². The van der Waals surface area contributed by atoms with Crippen molar-refractivity contribution < 1.29 is 12.8 Å². The molecule has 0 amide bonds. The van der Waals surface area contributed by atoms with Gasteiger partial charge in [0.2, 0.25) is 26.6 Å². The molecule has 4 rings (SSSR count). The molecule has 3 aromatic rings. The molecule has 1 aliphatic heterocycles. The molecule has 0 aliphatic carbocycles. The van der Waals surface area contributed by atoms with Crippen molar-refractivity contribution in [2.45, 2.75) is 42.5 Å². The van der Waals surface area contributed by atoms with Gasteiger partial charge in [-0.05, 0) is 55.5 Å². The number of anilines is 1. The lowest BCUT2D eigenvalue weighted by molar-refractivity contribution is 0.499. The van der Waals surface area contributed by atoms with E-state index in [1.54, 1.807) is 24.3 Å². The maximum absolute atomic E-state index is 13.4. The van der Waals surface area contributed by atoms with E-state index in [-0.39, 0.29) is 15.8 Å². The van der Waals surface area contributed by atoms with Gasteiger partial charge < -0.3 is 9.32 Å². The Bertz CT molecular complexity index is 1100. The fraction of sp³-hybridized carbons (Fsp3) is 0.318. The second kappa shape index (κ2) is 8.20. The zero-order valence-electron chi connectivity index (χ0n) is 16.3. The van der Waals surface area contributed by atoms with Gasteiger partial charge in [0.05, 0.1) is 15.5 Å². The predicted molar refractivity (Wildman–Crippen MR) is 114 cm³/mol. The Morgan fingerprint density at radius 2 is 1.72 bits per heavy atom. The molecule has 0 bridgehead atoms. The standard InChI is InChI=1S/C22H23ClN2O3S/c1-2-16-10-12-17(13-11-16)29(26,27)21-22(25-14-6-3-7-15-25)28-20(24-21)18-8-4-5-9-19(18)23/h4-5,8-13H,2-3,6-7,14-15H2,1H3. The first-order chi connectivity index (χ1) is 14.0. The Labute approximate surface area is 176 Å². The highest BCUT2D eigenvalue weighted by molar-refractivity contribution is 7.91. The molecule has 0 N–H and O–H groups in total. The topological polar surface area (TPSA) is 63.4 Å². The summed E-state index contributed by atoms with van der Waals surface area (Å²) in [6.45, 7) is 3.52. The lowest BCUT2D eigenvalue weighted by Gasteiger charge is -2.26. The van der Waals surface area contributed by atoms with Gasteiger partial charge in [0.25, 0.3) is 0 Å². The third-order valence-electron chi connectivity index (χ3n) is 5.22. The van der Waals surface area contributed by atoms with E-state index in [9.17, 15) is 8.42 Å². The number of aryl methyl sites for hydroxylation is 1. The van der Waals surface area contributed by atoms with Crippen LogP contribution in [0.25, 0.3) is 11.5 Å². The molecule has 0 saturated carbocycles. The quantitative estimate of drug-likeness (QED) is 0.543. The van der Waals surface area contributed by atoms with Crippen molar-refractivity contribution in [1.82, 2.24) is 4.98 Å². The zero-order valence-corrected chi connectivity index (χ0v) is 17.8. The average Bonchev–Trinajstić information content (AvgIpc) is 3.21. The summed E-state index contributed by atoms with van der Waals surface area (Å²) < 4.78 is 32.9. The molecule has 1 saturated heterocycles. The van der Waals surface area contributed by atoms with Crippen LogP contribution in [0.15, 0.2) is 62.9 Å². The van der Waals surface area contributed by atoms with Crippen LogP contribution in [-0.2, 0) is 16.3 Å². The molecule has 152 valence electrons. The fourth-order valence-corrected chi connectivity index (χ4v) is 5.07. The number of rotatable bonds is 5. The van der Waals surface area contributed by atoms with E-state index >= 15 is 0 Å². The number of sulfone groups is 1. The third kappa shape index (κ3) is 3.91. The normalized spacial score (nSPS) is 14.9. The van der Waals surface area contributed by atoms with E-state index in [1.165, 1.54) is 0 Å². The number of oxazole rings is 1. The van der Waals surface area contributed by atoms with Crippen molar-refractivity contribution in [3.8, 4) is 11.5 Å². The molecule has 1 aromatic heterocycles. The van der Waals surface area contributed by atoms with Crippen molar-refractivity contribution in [1.29, 1.82) is 0 Å². The monoisotopic (exact) mass is 430 g/mol. The average molecular weight is 431 g/mol. The van der Waals surface area contributed by atoms with Crippen LogP contribution in [0.4, 0.5) is 5.88 Å². The molecule has 1 fully saturated rings. The first-order valence-corrected chi connectivity index (χ1v) is 11.7. The summed E-state index contributed by atoms with van der Waals surface area (Å²) in [5.41, 5.74) is 1.66. The summed E-state index contributed by atoms with van der Waals surface area (Å²) in [4.78, 5) is 6.62. The van der Waals surface area contributed by atoms with Crippen LogP contribution >= 0.6 is 11.6 Å². The summed E-state index contributed by atoms with van der Waals surface area (Å²) in [6.07, 6.45) is 3.96. The van der Waals surface area contributed by atoms with Gasteiger partial charge in [-0.25, -0.2) is 8.42 Å². The second-order valence-electron chi connectivity index (χ2n) is 7.16. The highest BCUT2D eigenvalue weighted by Gasteiger charge is 2.32. The van der Waals surface area contributed by atoms with Crippen molar-refractivity contribution in [2.24, 2.45) is 0 Å². The van der Waals surface area contributed by atoms with Gasteiger partial charge in [-0.1, -0.05) is 42.8 Å². The molecular weight excluding hydrogens is 408 g/mol. The van der Waals surface area contributed by atoms with Crippen LogP contribution < -0.4 is 4.90 Å². The van der Waals surface area contributed by atoms with Gasteiger partial charge in [0.1, 0.15) is 0 Å². The van der Waals surface area contributed by atoms with E-state index in [1.807, 2.05) is 36.1 Å². The smallest absolute Gasteiger partial charge is 0.236 e. The van der Waals surface area contributed by atoms with Gasteiger partial charge in [0, 0.05) is 13.1 Å². The van der Waals surface area contributed by atoms with Crippen molar-refractivity contribution in [2.75, 3.05) is 18.0 Å². The fourth-order valence-electron chi connectivity index (χ4n) is 3.54. The summed E-state index contributed by atoms with van der Waals surface area (Å²) in [7, 11) is -3.83. The summed E-state index contributed by atoms with van der Waals surface area (Å²) in [6, 6.07) is 14.1. The number of nitrogens with zero attached hydrogens (tertiary/aromatic N) is 2. The Balaban J connectivity index is 1.84. The number of hydrogen-bond donors (Lipinski definition) is 0. The van der Waals surface area contributed by atoms with Gasteiger partial charge in [-0.2, -0.15) is 4.98 Å². The lowest BCUT2D eigenvalue weighted by atomic mass is 10.1. The Hall–Kier alpha value is -2.31. The van der Waals surface area contributed by atoms with Crippen molar-refractivity contribution in [3.63, 3.8) is 0 Å². The van der Waals surface area contributed by atoms with Crippen LogP contribution in [0, 0.1) is 0 Å². The number of benzene rings is 2. The molecule has 2 heterocycles. The largest absolute Gasteiger partial charge is 0.419 e. The first kappa shape index (κ1) is 20.0. The number of piperidine rings is 1. The Morgan fingerprint density at radius 1 is 1.03 bits per heavy atom. The highest BCUT2D eigenvalue weighted by atomic mass is 35.5. The maximum Gasteiger partial charge on any atom is 0.236 e. The minimum Gasteiger partial charge on any atom is -0.419 e. The SMILES string of the molecule is CCc1ccc(S(=O)(=O)c2nc(-c3ccccc3Cl)oc2N2CCCCC2)cc1. The van der Waals surface area contributed by atoms with E-state index in [4.69, 9.17) is 16.0 Å². The Morgan fingerprint density at radius 3 is 2.38 bits per heavy atom. The van der Waals surface area contributed by atoms with Crippen LogP contribution in [0.1, 0.15) is 31.7 Å². The van der Waals surface area contributed by atoms with Crippen molar-refractivity contribution in [3.05, 3.63) is 59.1 Å². The van der Waals surface area contributed by atoms with Crippen LogP contribution in [0.2, 0.25) is 5.02 Å². The van der Waals surface area contributed by atoms with Crippen LogP contribution in [0.3, 0.4) is 0 Å². The molecule has 29 heavy (non-hydrogen) atoms. The Kier molecular flexibility index (Phi) is 5.65. The number of hydrogen-bond acceptors (Lipinski definition) is 5. The molecule has 0 radical (unpaired) electrons. The number of aromatic nitrogens is 1. The summed E-state index contributed by atoms with van der Waals surface area (Å²) in [5, 5.41) is 0.425. The molecule has 7 heteroatoms. The third-order valence-corrected chi connectivity index (χ3v) is 7.22. The molecule has 5 nitrogen and oxygen atoms in total. The molecule has 1 aliphatic rings. The highest BCUT2D eigenvalue weighted by Crippen LogP contribution is 2.37. The summed E-state index contributed by atoms with van der Waals surface area (Å²) >= 11 is 6.31. The van der Waals surface area contributed by atoms with E-state index < -0.39 is 9.84 Å². The minimum atomic E-state index is -3.83. The molecule has 2 aromatic carbocycles. The predicted octanol–water partition coefficient (Wildman–Crippen LogP) is 5.38. The van der Waals surface area contributed by atoms with Crippen LogP contribution in [0.5, 0.6) is 0 Å².